The second-order valence-corrected chi connectivity index (χ2v) is 4.98. The lowest BCUT2D eigenvalue weighted by Gasteiger charge is -2.07. The summed E-state index contributed by atoms with van der Waals surface area (Å²) < 4.78 is 0. The molecule has 0 bridgehead atoms. The maximum atomic E-state index is 11.9. The van der Waals surface area contributed by atoms with Crippen molar-refractivity contribution in [2.45, 2.75) is 6.42 Å². The van der Waals surface area contributed by atoms with E-state index in [0.717, 1.165) is 0 Å². The highest BCUT2D eigenvalue weighted by Gasteiger charge is 2.12. The van der Waals surface area contributed by atoms with E-state index in [4.69, 9.17) is 23.2 Å². The van der Waals surface area contributed by atoms with Crippen LogP contribution in [0.4, 0.5) is 5.69 Å². The molecule has 0 aliphatic carbocycles. The molecule has 0 fully saturated rings. The van der Waals surface area contributed by atoms with Gasteiger partial charge in [-0.05, 0) is 18.2 Å². The van der Waals surface area contributed by atoms with Crippen LogP contribution in [-0.2, 0) is 4.79 Å². The summed E-state index contributed by atoms with van der Waals surface area (Å²) in [6.45, 7) is 0. The summed E-state index contributed by atoms with van der Waals surface area (Å²) in [7, 11) is 0. The first kappa shape index (κ1) is 14.6. The molecule has 0 atom stereocenters. The Labute approximate surface area is 126 Å². The smallest absolute Gasteiger partial charge is 0.232 e. The highest BCUT2D eigenvalue weighted by atomic mass is 35.5. The number of ketones is 1. The minimum absolute atomic E-state index is 0.233. The molecule has 3 nitrogen and oxygen atoms in total. The van der Waals surface area contributed by atoms with E-state index in [1.165, 1.54) is 6.07 Å². The fourth-order valence-electron chi connectivity index (χ4n) is 1.66. The minimum Gasteiger partial charge on any atom is -0.324 e. The number of carbonyl (C=O) groups excluding carboxylic acids is 2. The summed E-state index contributed by atoms with van der Waals surface area (Å²) in [6, 6.07) is 13.4. The third kappa shape index (κ3) is 3.83. The first-order valence-electron chi connectivity index (χ1n) is 5.89. The Hall–Kier alpha value is -1.84. The highest BCUT2D eigenvalue weighted by molar-refractivity contribution is 6.36. The van der Waals surface area contributed by atoms with E-state index in [-0.39, 0.29) is 12.2 Å². The van der Waals surface area contributed by atoms with Gasteiger partial charge in [0.1, 0.15) is 0 Å². The number of rotatable bonds is 4. The molecule has 1 amide bonds. The second kappa shape index (κ2) is 6.55. The van der Waals surface area contributed by atoms with Crippen molar-refractivity contribution in [3.8, 4) is 0 Å². The molecule has 5 heteroatoms. The van der Waals surface area contributed by atoms with Gasteiger partial charge in [0.05, 0.1) is 17.1 Å². The molecule has 20 heavy (non-hydrogen) atoms. The van der Waals surface area contributed by atoms with Crippen molar-refractivity contribution in [2.24, 2.45) is 0 Å². The van der Waals surface area contributed by atoms with Crippen LogP contribution in [0.2, 0.25) is 10.0 Å². The number of carbonyl (C=O) groups is 2. The third-order valence-electron chi connectivity index (χ3n) is 2.62. The van der Waals surface area contributed by atoms with Gasteiger partial charge in [-0.2, -0.15) is 0 Å². The first-order valence-corrected chi connectivity index (χ1v) is 6.65. The molecule has 0 aliphatic rings. The fourth-order valence-corrected chi connectivity index (χ4v) is 2.11. The van der Waals surface area contributed by atoms with E-state index < -0.39 is 5.91 Å². The Bertz CT molecular complexity index is 642. The summed E-state index contributed by atoms with van der Waals surface area (Å²) in [6.07, 6.45) is -0.233. The number of benzene rings is 2. The van der Waals surface area contributed by atoms with Crippen molar-refractivity contribution in [2.75, 3.05) is 5.32 Å². The van der Waals surface area contributed by atoms with Crippen molar-refractivity contribution in [3.05, 3.63) is 64.1 Å². The van der Waals surface area contributed by atoms with Crippen LogP contribution in [0.15, 0.2) is 48.5 Å². The van der Waals surface area contributed by atoms with Crippen LogP contribution in [-0.4, -0.2) is 11.7 Å². The SMILES string of the molecule is O=C(CC(=O)c1ccccc1)Nc1ccc(Cl)cc1Cl. The van der Waals surface area contributed by atoms with Crippen LogP contribution < -0.4 is 5.32 Å². The van der Waals surface area contributed by atoms with Gasteiger partial charge in [-0.25, -0.2) is 0 Å². The van der Waals surface area contributed by atoms with Gasteiger partial charge in [0.15, 0.2) is 5.78 Å². The van der Waals surface area contributed by atoms with Crippen LogP contribution in [0.25, 0.3) is 0 Å². The zero-order valence-electron chi connectivity index (χ0n) is 10.4. The molecule has 0 unspecified atom stereocenters. The predicted molar refractivity (Wildman–Crippen MR) is 80.5 cm³/mol. The maximum Gasteiger partial charge on any atom is 0.232 e. The summed E-state index contributed by atoms with van der Waals surface area (Å²) in [5.41, 5.74) is 0.937. The van der Waals surface area contributed by atoms with Gasteiger partial charge in [-0.15, -0.1) is 0 Å². The summed E-state index contributed by atoms with van der Waals surface area (Å²) in [4.78, 5) is 23.7. The Kier molecular flexibility index (Phi) is 4.77. The van der Waals surface area contributed by atoms with Crippen molar-refractivity contribution in [1.29, 1.82) is 0 Å². The number of halogens is 2. The lowest BCUT2D eigenvalue weighted by molar-refractivity contribution is -0.115. The Morgan fingerprint density at radius 1 is 1.00 bits per heavy atom. The summed E-state index contributed by atoms with van der Waals surface area (Å²) >= 11 is 11.7. The van der Waals surface area contributed by atoms with Gasteiger partial charge >= 0.3 is 0 Å². The number of hydrogen-bond donors (Lipinski definition) is 1. The van der Waals surface area contributed by atoms with Crippen molar-refractivity contribution in [1.82, 2.24) is 0 Å². The number of nitrogens with one attached hydrogen (secondary N) is 1. The first-order chi connectivity index (χ1) is 9.56. The Morgan fingerprint density at radius 2 is 1.70 bits per heavy atom. The van der Waals surface area contributed by atoms with Crippen LogP contribution in [0, 0.1) is 0 Å². The molecule has 0 aliphatic heterocycles. The van der Waals surface area contributed by atoms with E-state index in [9.17, 15) is 9.59 Å². The van der Waals surface area contributed by atoms with Gasteiger partial charge in [0.2, 0.25) is 5.91 Å². The molecule has 0 saturated heterocycles. The average molecular weight is 308 g/mol. The van der Waals surface area contributed by atoms with Crippen LogP contribution in [0.1, 0.15) is 16.8 Å². The van der Waals surface area contributed by atoms with Crippen molar-refractivity contribution in [3.63, 3.8) is 0 Å². The topological polar surface area (TPSA) is 46.2 Å². The minimum atomic E-state index is -0.414. The van der Waals surface area contributed by atoms with Gasteiger partial charge in [0, 0.05) is 10.6 Å². The average Bonchev–Trinajstić information content (AvgIpc) is 2.43. The quantitative estimate of drug-likeness (QED) is 0.679. The van der Waals surface area contributed by atoms with E-state index in [1.807, 2.05) is 6.07 Å². The lowest BCUT2D eigenvalue weighted by Crippen LogP contribution is -2.16. The largest absolute Gasteiger partial charge is 0.324 e. The van der Waals surface area contributed by atoms with Crippen molar-refractivity contribution < 1.29 is 9.59 Å². The second-order valence-electron chi connectivity index (χ2n) is 4.14. The zero-order chi connectivity index (χ0) is 14.5. The molecule has 2 aromatic carbocycles. The fraction of sp³-hybridized carbons (Fsp3) is 0.0667. The van der Waals surface area contributed by atoms with Gasteiger partial charge in [-0.3, -0.25) is 9.59 Å². The van der Waals surface area contributed by atoms with Crippen LogP contribution >= 0.6 is 23.2 Å². The van der Waals surface area contributed by atoms with Gasteiger partial charge < -0.3 is 5.32 Å². The van der Waals surface area contributed by atoms with E-state index in [2.05, 4.69) is 5.32 Å². The third-order valence-corrected chi connectivity index (χ3v) is 3.17. The molecular weight excluding hydrogens is 297 g/mol. The highest BCUT2D eigenvalue weighted by Crippen LogP contribution is 2.25. The maximum absolute atomic E-state index is 11.9. The molecule has 2 aromatic rings. The molecule has 2 rings (SSSR count). The number of hydrogen-bond acceptors (Lipinski definition) is 2. The lowest BCUT2D eigenvalue weighted by atomic mass is 10.1. The molecule has 0 saturated carbocycles. The molecule has 0 heterocycles. The summed E-state index contributed by atoms with van der Waals surface area (Å²) in [5.74, 6) is -0.656. The number of anilines is 1. The van der Waals surface area contributed by atoms with Crippen LogP contribution in [0.5, 0.6) is 0 Å². The van der Waals surface area contributed by atoms with Crippen LogP contribution in [0.3, 0.4) is 0 Å². The Balaban J connectivity index is 2.01. The van der Waals surface area contributed by atoms with Gasteiger partial charge in [-0.1, -0.05) is 53.5 Å². The molecule has 102 valence electrons. The summed E-state index contributed by atoms with van der Waals surface area (Å²) in [5, 5.41) is 3.40. The molecule has 0 spiro atoms. The predicted octanol–water partition coefficient (Wildman–Crippen LogP) is 4.20. The zero-order valence-corrected chi connectivity index (χ0v) is 11.9. The molecule has 0 radical (unpaired) electrons. The molecule has 1 N–H and O–H groups in total. The molecular formula is C15H11Cl2NO2. The van der Waals surface area contributed by atoms with E-state index in [0.29, 0.717) is 21.3 Å². The Morgan fingerprint density at radius 3 is 2.35 bits per heavy atom. The number of Topliss-reactive ketones (excluding diaryl/α,β-unsaturated/α-hetero) is 1. The normalized spacial score (nSPS) is 10.1. The standard InChI is InChI=1S/C15H11Cl2NO2/c16-11-6-7-13(12(17)8-11)18-15(20)9-14(19)10-4-2-1-3-5-10/h1-8H,9H2,(H,18,20). The van der Waals surface area contributed by atoms with E-state index in [1.54, 1.807) is 36.4 Å². The number of amides is 1. The monoisotopic (exact) mass is 307 g/mol. The van der Waals surface area contributed by atoms with Crippen molar-refractivity contribution >= 4 is 40.6 Å². The van der Waals surface area contributed by atoms with Gasteiger partial charge in [0.25, 0.3) is 0 Å². The van der Waals surface area contributed by atoms with E-state index >= 15 is 0 Å². The molecule has 0 aromatic heterocycles.